The van der Waals surface area contributed by atoms with Crippen molar-refractivity contribution in [3.05, 3.63) is 52.8 Å². The van der Waals surface area contributed by atoms with E-state index in [9.17, 15) is 10.1 Å². The maximum atomic E-state index is 13.0. The lowest BCUT2D eigenvalue weighted by molar-refractivity contribution is 0.394. The molecular weight excluding hydrogens is 472 g/mol. The molecule has 37 heavy (non-hydrogen) atoms. The van der Waals surface area contributed by atoms with Gasteiger partial charge >= 0.3 is 0 Å². The smallest absolute Gasteiger partial charge is 0.276 e. The molecule has 11 heteroatoms. The Hall–Kier alpha value is -4.72. The van der Waals surface area contributed by atoms with Gasteiger partial charge in [0.2, 0.25) is 0 Å². The van der Waals surface area contributed by atoms with E-state index in [1.54, 1.807) is 42.3 Å². The van der Waals surface area contributed by atoms with Crippen LogP contribution in [0.25, 0.3) is 33.9 Å². The normalized spacial score (nSPS) is 13.7. The molecule has 2 N–H and O–H groups in total. The van der Waals surface area contributed by atoms with Crippen molar-refractivity contribution >= 4 is 5.82 Å². The SMILES string of the molecule is COc1cc(OC)cc(-c2nc(-c3nc(-c4cn(CC5(C#N)CC5)nc4C)cnc3N)cn(C)c2=O)c1. The minimum Gasteiger partial charge on any atom is -0.497 e. The molecule has 0 radical (unpaired) electrons. The van der Waals surface area contributed by atoms with Gasteiger partial charge in [0.05, 0.1) is 49.8 Å². The third-order valence-electron chi connectivity index (χ3n) is 6.52. The van der Waals surface area contributed by atoms with Crippen molar-refractivity contribution in [2.45, 2.75) is 26.3 Å². The van der Waals surface area contributed by atoms with Crippen LogP contribution in [-0.4, -0.2) is 43.5 Å². The number of aryl methyl sites for hydroxylation is 2. The molecule has 188 valence electrons. The van der Waals surface area contributed by atoms with E-state index in [1.165, 1.54) is 18.8 Å². The molecule has 1 saturated carbocycles. The second kappa shape index (κ2) is 9.05. The Morgan fingerprint density at radius 3 is 2.38 bits per heavy atom. The minimum absolute atomic E-state index is 0.176. The lowest BCUT2D eigenvalue weighted by Gasteiger charge is -2.12. The van der Waals surface area contributed by atoms with Gasteiger partial charge in [0.1, 0.15) is 28.6 Å². The quantitative estimate of drug-likeness (QED) is 0.406. The summed E-state index contributed by atoms with van der Waals surface area (Å²) < 4.78 is 13.9. The van der Waals surface area contributed by atoms with Crippen molar-refractivity contribution in [1.29, 1.82) is 5.26 Å². The second-order valence-electron chi connectivity index (χ2n) is 9.20. The molecule has 1 fully saturated rings. The molecular formula is C26H26N8O3. The molecule has 0 amide bonds. The first-order chi connectivity index (χ1) is 17.8. The zero-order valence-corrected chi connectivity index (χ0v) is 21.0. The first kappa shape index (κ1) is 24.0. The summed E-state index contributed by atoms with van der Waals surface area (Å²) in [6.45, 7) is 2.42. The molecule has 11 nitrogen and oxygen atoms in total. The summed E-state index contributed by atoms with van der Waals surface area (Å²) in [5.41, 5.74) is 9.15. The molecule has 0 spiro atoms. The fourth-order valence-electron chi connectivity index (χ4n) is 4.19. The Kier molecular flexibility index (Phi) is 5.87. The van der Waals surface area contributed by atoms with E-state index < -0.39 is 0 Å². The molecule has 0 aliphatic heterocycles. The monoisotopic (exact) mass is 498 g/mol. The van der Waals surface area contributed by atoms with Gasteiger partial charge in [0.25, 0.3) is 5.56 Å². The van der Waals surface area contributed by atoms with Gasteiger partial charge in [-0.3, -0.25) is 9.48 Å². The number of nitriles is 1. The highest BCUT2D eigenvalue weighted by molar-refractivity contribution is 5.73. The zero-order valence-electron chi connectivity index (χ0n) is 21.0. The van der Waals surface area contributed by atoms with Crippen LogP contribution in [0.5, 0.6) is 11.5 Å². The first-order valence-corrected chi connectivity index (χ1v) is 11.7. The highest BCUT2D eigenvalue weighted by Gasteiger charge is 2.43. The number of benzene rings is 1. The molecule has 1 aliphatic rings. The molecule has 3 aromatic heterocycles. The number of hydrogen-bond acceptors (Lipinski definition) is 9. The van der Waals surface area contributed by atoms with E-state index >= 15 is 0 Å². The van der Waals surface area contributed by atoms with Crippen molar-refractivity contribution in [2.24, 2.45) is 12.5 Å². The summed E-state index contributed by atoms with van der Waals surface area (Å²) in [5.74, 6) is 1.24. The van der Waals surface area contributed by atoms with Crippen LogP contribution in [0, 0.1) is 23.7 Å². The average molecular weight is 499 g/mol. The standard InChI is InChI=1S/C26H26N8O3/c1-15-19(11-34(32-15)14-26(13-27)5-6-26)20-10-29-24(28)23(30-20)21-12-33(2)25(35)22(31-21)16-7-17(36-3)9-18(8-16)37-4/h7-12H,5-6,14H2,1-4H3,(H2,28,29). The molecule has 0 unspecified atom stereocenters. The van der Waals surface area contributed by atoms with Crippen molar-refractivity contribution in [3.8, 4) is 51.5 Å². The lowest BCUT2D eigenvalue weighted by atomic mass is 10.1. The lowest BCUT2D eigenvalue weighted by Crippen LogP contribution is -2.20. The topological polar surface area (TPSA) is 147 Å². The Morgan fingerprint density at radius 1 is 1.08 bits per heavy atom. The Bertz CT molecular complexity index is 1590. The maximum Gasteiger partial charge on any atom is 0.276 e. The van der Waals surface area contributed by atoms with Crippen LogP contribution >= 0.6 is 0 Å². The van der Waals surface area contributed by atoms with Gasteiger partial charge in [-0.2, -0.15) is 10.4 Å². The van der Waals surface area contributed by atoms with Crippen LogP contribution < -0.4 is 20.8 Å². The summed E-state index contributed by atoms with van der Waals surface area (Å²) in [6, 6.07) is 7.54. The van der Waals surface area contributed by atoms with Crippen LogP contribution in [-0.2, 0) is 13.6 Å². The summed E-state index contributed by atoms with van der Waals surface area (Å²) in [5, 5.41) is 14.0. The fraction of sp³-hybridized carbons (Fsp3) is 0.308. The van der Waals surface area contributed by atoms with Crippen LogP contribution in [0.4, 0.5) is 5.82 Å². The zero-order chi connectivity index (χ0) is 26.3. The number of rotatable bonds is 7. The van der Waals surface area contributed by atoms with Crippen molar-refractivity contribution in [1.82, 2.24) is 29.3 Å². The number of aromatic nitrogens is 6. The summed E-state index contributed by atoms with van der Waals surface area (Å²) in [4.78, 5) is 26.8. The number of anilines is 1. The van der Waals surface area contributed by atoms with Gasteiger partial charge in [-0.15, -0.1) is 0 Å². The van der Waals surface area contributed by atoms with Gasteiger partial charge in [0.15, 0.2) is 5.82 Å². The minimum atomic E-state index is -0.328. The Balaban J connectivity index is 1.58. The fourth-order valence-corrected chi connectivity index (χ4v) is 4.19. The molecule has 0 bridgehead atoms. The van der Waals surface area contributed by atoms with Crippen LogP contribution in [0.3, 0.4) is 0 Å². The number of nitrogens with two attached hydrogens (primary N) is 1. The van der Waals surface area contributed by atoms with Gasteiger partial charge in [0, 0.05) is 36.6 Å². The Labute approximate surface area is 213 Å². The summed E-state index contributed by atoms with van der Waals surface area (Å²) in [6.07, 6.45) is 6.79. The van der Waals surface area contributed by atoms with E-state index in [1.807, 2.05) is 13.1 Å². The molecule has 1 aromatic carbocycles. The highest BCUT2D eigenvalue weighted by Crippen LogP contribution is 2.46. The van der Waals surface area contributed by atoms with Crippen LogP contribution in [0.2, 0.25) is 0 Å². The van der Waals surface area contributed by atoms with Gasteiger partial charge < -0.3 is 19.8 Å². The first-order valence-electron chi connectivity index (χ1n) is 11.7. The largest absolute Gasteiger partial charge is 0.497 e. The molecule has 3 heterocycles. The van der Waals surface area contributed by atoms with E-state index in [4.69, 9.17) is 20.2 Å². The number of nitrogens with zero attached hydrogens (tertiary/aromatic N) is 7. The third kappa shape index (κ3) is 4.49. The predicted octanol–water partition coefficient (Wildman–Crippen LogP) is 2.98. The van der Waals surface area contributed by atoms with Crippen molar-refractivity contribution in [2.75, 3.05) is 20.0 Å². The number of methoxy groups -OCH3 is 2. The maximum absolute atomic E-state index is 13.0. The summed E-state index contributed by atoms with van der Waals surface area (Å²) in [7, 11) is 4.72. The molecule has 1 aliphatic carbocycles. The average Bonchev–Trinajstić information content (AvgIpc) is 3.58. The third-order valence-corrected chi connectivity index (χ3v) is 6.52. The van der Waals surface area contributed by atoms with Gasteiger partial charge in [-0.25, -0.2) is 15.0 Å². The molecule has 5 rings (SSSR count). The number of ether oxygens (including phenoxy) is 2. The van der Waals surface area contributed by atoms with Gasteiger partial charge in [-0.1, -0.05) is 0 Å². The number of hydrogen-bond donors (Lipinski definition) is 1. The van der Waals surface area contributed by atoms with Crippen molar-refractivity contribution < 1.29 is 9.47 Å². The second-order valence-corrected chi connectivity index (χ2v) is 9.20. The van der Waals surface area contributed by atoms with E-state index in [0.29, 0.717) is 40.7 Å². The predicted molar refractivity (Wildman–Crippen MR) is 137 cm³/mol. The van der Waals surface area contributed by atoms with E-state index in [-0.39, 0.29) is 22.5 Å². The molecule has 0 saturated heterocycles. The van der Waals surface area contributed by atoms with E-state index in [2.05, 4.69) is 21.1 Å². The Morgan fingerprint density at radius 2 is 1.76 bits per heavy atom. The van der Waals surface area contributed by atoms with Crippen LogP contribution in [0.15, 0.2) is 41.6 Å². The molecule has 0 atom stereocenters. The van der Waals surface area contributed by atoms with Crippen molar-refractivity contribution in [3.63, 3.8) is 0 Å². The molecule has 4 aromatic rings. The van der Waals surface area contributed by atoms with E-state index in [0.717, 1.165) is 24.1 Å². The highest BCUT2D eigenvalue weighted by atomic mass is 16.5. The summed E-state index contributed by atoms with van der Waals surface area (Å²) >= 11 is 0. The van der Waals surface area contributed by atoms with Gasteiger partial charge in [-0.05, 0) is 31.9 Å². The van der Waals surface area contributed by atoms with Crippen LogP contribution in [0.1, 0.15) is 18.5 Å². The number of nitrogen functional groups attached to an aromatic ring is 1.